The third-order valence-electron chi connectivity index (χ3n) is 3.24. The van der Waals surface area contributed by atoms with Crippen molar-refractivity contribution in [3.05, 3.63) is 82.9 Å². The number of hydrogen-bond donors (Lipinski definition) is 1. The zero-order valence-electron chi connectivity index (χ0n) is 11.7. The monoisotopic (exact) mass is 277 g/mol. The fourth-order valence-corrected chi connectivity index (χ4v) is 2.12. The van der Waals surface area contributed by atoms with Gasteiger partial charge in [0.2, 0.25) is 0 Å². The molecule has 0 saturated carbocycles. The van der Waals surface area contributed by atoms with Gasteiger partial charge in [0.15, 0.2) is 0 Å². The number of rotatable bonds is 3. The maximum Gasteiger partial charge on any atom is 0.346 e. The molecule has 0 radical (unpaired) electrons. The Morgan fingerprint density at radius 2 is 1.62 bits per heavy atom. The van der Waals surface area contributed by atoms with E-state index in [-0.39, 0.29) is 5.69 Å². The molecular weight excluding hydrogens is 262 g/mol. The first-order valence-electron chi connectivity index (χ1n) is 6.72. The minimum atomic E-state index is -0.246. The van der Waals surface area contributed by atoms with Crippen molar-refractivity contribution in [3.63, 3.8) is 0 Å². The quantitative estimate of drug-likeness (QED) is 0.735. The molecule has 0 fully saturated rings. The molecule has 0 aliphatic rings. The molecule has 0 unspecified atom stereocenters. The molecule has 3 rings (SSSR count). The predicted molar refractivity (Wildman–Crippen MR) is 84.5 cm³/mol. The molecule has 2 aromatic carbocycles. The van der Waals surface area contributed by atoms with E-state index in [9.17, 15) is 4.79 Å². The van der Waals surface area contributed by atoms with Gasteiger partial charge in [0.1, 0.15) is 0 Å². The van der Waals surface area contributed by atoms with E-state index in [1.54, 1.807) is 6.20 Å². The van der Waals surface area contributed by atoms with E-state index in [4.69, 9.17) is 0 Å². The zero-order chi connectivity index (χ0) is 14.7. The second kappa shape index (κ2) is 5.63. The van der Waals surface area contributed by atoms with Crippen LogP contribution in [0.3, 0.4) is 0 Å². The first kappa shape index (κ1) is 13.1. The standard InChI is InChI=1S/C17H15N3O/c1-13(14-8-4-2-5-9-14)19-20-12-16(18-17(20)21)15-10-6-3-7-11-15/h2-12H,1H3,(H,18,21)/b19-13+. The van der Waals surface area contributed by atoms with Crippen LogP contribution < -0.4 is 5.69 Å². The Hall–Kier alpha value is -2.88. The normalized spacial score (nSPS) is 11.6. The van der Waals surface area contributed by atoms with E-state index < -0.39 is 0 Å². The summed E-state index contributed by atoms with van der Waals surface area (Å²) in [4.78, 5) is 14.8. The highest BCUT2D eigenvalue weighted by Crippen LogP contribution is 2.14. The van der Waals surface area contributed by atoms with Crippen LogP contribution in [0.25, 0.3) is 11.3 Å². The number of aromatic amines is 1. The Labute approximate surface area is 122 Å². The lowest BCUT2D eigenvalue weighted by molar-refractivity contribution is 0.828. The van der Waals surface area contributed by atoms with Gasteiger partial charge in [-0.2, -0.15) is 9.78 Å². The maximum absolute atomic E-state index is 12.0. The van der Waals surface area contributed by atoms with Crippen LogP contribution in [0.2, 0.25) is 0 Å². The number of aromatic nitrogens is 2. The van der Waals surface area contributed by atoms with Gasteiger partial charge in [-0.05, 0) is 18.1 Å². The summed E-state index contributed by atoms with van der Waals surface area (Å²) in [5.41, 5.74) is 3.25. The minimum absolute atomic E-state index is 0.246. The van der Waals surface area contributed by atoms with E-state index in [2.05, 4.69) is 10.1 Å². The average molecular weight is 277 g/mol. The Balaban J connectivity index is 1.98. The van der Waals surface area contributed by atoms with Gasteiger partial charge in [-0.3, -0.25) is 0 Å². The van der Waals surface area contributed by atoms with Crippen LogP contribution >= 0.6 is 0 Å². The lowest BCUT2D eigenvalue weighted by Crippen LogP contribution is -2.13. The lowest BCUT2D eigenvalue weighted by Gasteiger charge is -1.99. The smallest absolute Gasteiger partial charge is 0.304 e. The van der Waals surface area contributed by atoms with E-state index in [1.165, 1.54) is 4.68 Å². The Morgan fingerprint density at radius 3 is 2.29 bits per heavy atom. The molecule has 4 heteroatoms. The van der Waals surface area contributed by atoms with Gasteiger partial charge in [0.25, 0.3) is 0 Å². The summed E-state index contributed by atoms with van der Waals surface area (Å²) in [6, 6.07) is 19.5. The number of benzene rings is 2. The summed E-state index contributed by atoms with van der Waals surface area (Å²) >= 11 is 0. The Morgan fingerprint density at radius 1 is 1.00 bits per heavy atom. The third kappa shape index (κ3) is 2.84. The molecule has 0 spiro atoms. The van der Waals surface area contributed by atoms with Gasteiger partial charge in [-0.25, -0.2) is 4.79 Å². The van der Waals surface area contributed by atoms with Crippen LogP contribution in [0.15, 0.2) is 76.8 Å². The molecule has 1 heterocycles. The van der Waals surface area contributed by atoms with Crippen LogP contribution in [-0.2, 0) is 0 Å². The Bertz CT molecular complexity index is 814. The van der Waals surface area contributed by atoms with Crippen molar-refractivity contribution in [2.75, 3.05) is 0 Å². The van der Waals surface area contributed by atoms with Gasteiger partial charge in [-0.15, -0.1) is 0 Å². The van der Waals surface area contributed by atoms with Gasteiger partial charge in [0.05, 0.1) is 17.6 Å². The summed E-state index contributed by atoms with van der Waals surface area (Å²) in [6.45, 7) is 1.89. The molecule has 0 aliphatic carbocycles. The molecule has 0 atom stereocenters. The molecular formula is C17H15N3O. The van der Waals surface area contributed by atoms with Crippen LogP contribution in [-0.4, -0.2) is 15.4 Å². The fourth-order valence-electron chi connectivity index (χ4n) is 2.12. The van der Waals surface area contributed by atoms with Gasteiger partial charge < -0.3 is 4.98 Å². The largest absolute Gasteiger partial charge is 0.346 e. The maximum atomic E-state index is 12.0. The van der Waals surface area contributed by atoms with Crippen molar-refractivity contribution in [2.24, 2.45) is 5.10 Å². The van der Waals surface area contributed by atoms with Crippen LogP contribution in [0.5, 0.6) is 0 Å². The second-order valence-electron chi connectivity index (χ2n) is 4.73. The van der Waals surface area contributed by atoms with Gasteiger partial charge in [0, 0.05) is 0 Å². The molecule has 0 aliphatic heterocycles. The summed E-state index contributed by atoms with van der Waals surface area (Å²) in [7, 11) is 0. The number of nitrogens with one attached hydrogen (secondary N) is 1. The van der Waals surface area contributed by atoms with Gasteiger partial charge >= 0.3 is 5.69 Å². The van der Waals surface area contributed by atoms with E-state index in [1.807, 2.05) is 67.6 Å². The van der Waals surface area contributed by atoms with Crippen molar-refractivity contribution < 1.29 is 0 Å². The predicted octanol–water partition coefficient (Wildman–Crippen LogP) is 3.12. The number of hydrogen-bond acceptors (Lipinski definition) is 2. The highest BCUT2D eigenvalue weighted by molar-refractivity contribution is 5.98. The highest BCUT2D eigenvalue weighted by Gasteiger charge is 2.05. The molecule has 1 N–H and O–H groups in total. The van der Waals surface area contributed by atoms with Crippen molar-refractivity contribution in [2.45, 2.75) is 6.92 Å². The molecule has 0 saturated heterocycles. The van der Waals surface area contributed by atoms with Crippen molar-refractivity contribution in [1.82, 2.24) is 9.66 Å². The first-order chi connectivity index (χ1) is 10.2. The third-order valence-corrected chi connectivity index (χ3v) is 3.24. The molecule has 21 heavy (non-hydrogen) atoms. The minimum Gasteiger partial charge on any atom is -0.304 e. The van der Waals surface area contributed by atoms with Crippen molar-refractivity contribution in [1.29, 1.82) is 0 Å². The molecule has 104 valence electrons. The van der Waals surface area contributed by atoms with Crippen molar-refractivity contribution >= 4 is 5.71 Å². The van der Waals surface area contributed by atoms with Gasteiger partial charge in [-0.1, -0.05) is 60.7 Å². The first-order valence-corrected chi connectivity index (χ1v) is 6.72. The number of nitrogens with zero attached hydrogens (tertiary/aromatic N) is 2. The van der Waals surface area contributed by atoms with Crippen LogP contribution in [0.1, 0.15) is 12.5 Å². The second-order valence-corrected chi connectivity index (χ2v) is 4.73. The van der Waals surface area contributed by atoms with Crippen molar-refractivity contribution in [3.8, 4) is 11.3 Å². The fraction of sp³-hybridized carbons (Fsp3) is 0.0588. The highest BCUT2D eigenvalue weighted by atomic mass is 16.1. The number of H-pyrrole nitrogens is 1. The lowest BCUT2D eigenvalue weighted by atomic mass is 10.1. The van der Waals surface area contributed by atoms with Crippen LogP contribution in [0.4, 0.5) is 0 Å². The molecule has 4 nitrogen and oxygen atoms in total. The summed E-state index contributed by atoms with van der Waals surface area (Å²) < 4.78 is 1.34. The SMILES string of the molecule is C/C(=N\n1cc(-c2ccccc2)[nH]c1=O)c1ccccc1. The molecule has 0 amide bonds. The topological polar surface area (TPSA) is 50.1 Å². The summed E-state index contributed by atoms with van der Waals surface area (Å²) in [6.07, 6.45) is 1.71. The number of imidazole rings is 1. The van der Waals surface area contributed by atoms with Crippen LogP contribution in [0, 0.1) is 0 Å². The summed E-state index contributed by atoms with van der Waals surface area (Å²) in [5, 5.41) is 4.36. The molecule has 3 aromatic rings. The van der Waals surface area contributed by atoms with E-state index >= 15 is 0 Å². The molecule has 0 bridgehead atoms. The molecule has 1 aromatic heterocycles. The average Bonchev–Trinajstić information content (AvgIpc) is 2.90. The zero-order valence-corrected chi connectivity index (χ0v) is 11.7. The van der Waals surface area contributed by atoms with E-state index in [0.717, 1.165) is 22.5 Å². The van der Waals surface area contributed by atoms with E-state index in [0.29, 0.717) is 0 Å². The Kier molecular flexibility index (Phi) is 3.51. The summed E-state index contributed by atoms with van der Waals surface area (Å²) in [5.74, 6) is 0.